The number of fused-ring (bicyclic) bond motifs is 3. The third-order valence-corrected chi connectivity index (χ3v) is 2.69. The van der Waals surface area contributed by atoms with E-state index in [4.69, 9.17) is 9.47 Å². The van der Waals surface area contributed by atoms with Crippen LogP contribution in [0.2, 0.25) is 0 Å². The molecule has 18 heavy (non-hydrogen) atoms. The van der Waals surface area contributed by atoms with Crippen LogP contribution in [0.5, 0.6) is 17.2 Å². The summed E-state index contributed by atoms with van der Waals surface area (Å²) >= 11 is 0. The Kier molecular flexibility index (Phi) is 2.22. The zero-order chi connectivity index (χ0) is 12.7. The van der Waals surface area contributed by atoms with Crippen LogP contribution >= 0.6 is 0 Å². The van der Waals surface area contributed by atoms with Gasteiger partial charge < -0.3 is 19.3 Å². The highest BCUT2D eigenvalue weighted by Crippen LogP contribution is 2.40. The smallest absolute Gasteiger partial charge is 0.356 e. The largest absolute Gasteiger partial charge is 0.507 e. The Morgan fingerprint density at radius 2 is 2.28 bits per heavy atom. The van der Waals surface area contributed by atoms with Gasteiger partial charge in [-0.1, -0.05) is 0 Å². The average molecular weight is 247 g/mol. The van der Waals surface area contributed by atoms with Crippen LogP contribution in [0.25, 0.3) is 10.9 Å². The van der Waals surface area contributed by atoms with Gasteiger partial charge in [0.2, 0.25) is 6.79 Å². The molecule has 2 aromatic rings. The summed E-state index contributed by atoms with van der Waals surface area (Å²) < 4.78 is 15.1. The molecule has 0 aliphatic carbocycles. The normalized spacial score (nSPS) is 12.7. The maximum Gasteiger partial charge on any atom is 0.356 e. The summed E-state index contributed by atoms with van der Waals surface area (Å²) in [6.45, 7) is 0.0966. The number of nitrogens with zero attached hydrogens (tertiary/aromatic N) is 1. The molecule has 6 heteroatoms. The second kappa shape index (κ2) is 3.76. The molecular formula is C12H9NO5. The Balaban J connectivity index is 2.31. The molecule has 0 spiro atoms. The molecule has 0 saturated carbocycles. The predicted octanol–water partition coefficient (Wildman–Crippen LogP) is 1.46. The summed E-state index contributed by atoms with van der Waals surface area (Å²) in [6.07, 6.45) is 0. The number of rotatable bonds is 1. The Hall–Kier alpha value is -2.50. The lowest BCUT2D eigenvalue weighted by molar-refractivity contribution is 0.0594. The summed E-state index contributed by atoms with van der Waals surface area (Å²) in [6, 6.07) is 4.60. The average Bonchev–Trinajstić information content (AvgIpc) is 2.86. The molecule has 1 aromatic carbocycles. The number of ether oxygens (including phenoxy) is 3. The van der Waals surface area contributed by atoms with Gasteiger partial charge in [0.15, 0.2) is 17.2 Å². The Bertz CT molecular complexity index is 652. The summed E-state index contributed by atoms with van der Waals surface area (Å²) in [4.78, 5) is 15.6. The third kappa shape index (κ3) is 1.42. The van der Waals surface area contributed by atoms with Gasteiger partial charge in [0.05, 0.1) is 7.11 Å². The fourth-order valence-corrected chi connectivity index (χ4v) is 1.84. The van der Waals surface area contributed by atoms with Crippen LogP contribution in [0.4, 0.5) is 0 Å². The van der Waals surface area contributed by atoms with Crippen molar-refractivity contribution in [3.8, 4) is 17.2 Å². The second-order valence-electron chi connectivity index (χ2n) is 3.71. The lowest BCUT2D eigenvalue weighted by Crippen LogP contribution is -2.04. The van der Waals surface area contributed by atoms with Gasteiger partial charge in [-0.2, -0.15) is 0 Å². The first-order valence-electron chi connectivity index (χ1n) is 5.21. The van der Waals surface area contributed by atoms with Crippen molar-refractivity contribution in [1.29, 1.82) is 0 Å². The van der Waals surface area contributed by atoms with E-state index >= 15 is 0 Å². The van der Waals surface area contributed by atoms with Gasteiger partial charge >= 0.3 is 5.97 Å². The number of hydrogen-bond acceptors (Lipinski definition) is 6. The minimum atomic E-state index is -0.622. The van der Waals surface area contributed by atoms with E-state index < -0.39 is 5.97 Å². The first-order chi connectivity index (χ1) is 8.70. The number of carbonyl (C=O) groups is 1. The third-order valence-electron chi connectivity index (χ3n) is 2.69. The number of aromatic nitrogens is 1. The van der Waals surface area contributed by atoms with Crippen LogP contribution in [0.15, 0.2) is 18.2 Å². The monoisotopic (exact) mass is 247 g/mol. The van der Waals surface area contributed by atoms with E-state index in [1.165, 1.54) is 13.2 Å². The Labute approximate surface area is 102 Å². The number of methoxy groups -OCH3 is 1. The second-order valence-corrected chi connectivity index (χ2v) is 3.71. The molecule has 0 bridgehead atoms. The van der Waals surface area contributed by atoms with Crippen LogP contribution in [0.3, 0.4) is 0 Å². The molecule has 6 nitrogen and oxygen atoms in total. The lowest BCUT2D eigenvalue weighted by Gasteiger charge is -2.06. The summed E-state index contributed by atoms with van der Waals surface area (Å²) in [5, 5.41) is 10.4. The van der Waals surface area contributed by atoms with Gasteiger partial charge in [0.25, 0.3) is 0 Å². The molecule has 0 saturated heterocycles. The molecule has 0 fully saturated rings. The van der Waals surface area contributed by atoms with E-state index in [2.05, 4.69) is 9.72 Å². The number of pyridine rings is 1. The number of aromatic hydroxyl groups is 1. The van der Waals surface area contributed by atoms with E-state index in [9.17, 15) is 9.90 Å². The zero-order valence-corrected chi connectivity index (χ0v) is 9.47. The molecule has 1 aliphatic rings. The number of carbonyl (C=O) groups excluding carboxylic acids is 1. The van der Waals surface area contributed by atoms with Crippen molar-refractivity contribution in [1.82, 2.24) is 4.98 Å². The van der Waals surface area contributed by atoms with Crippen LogP contribution in [-0.2, 0) is 4.74 Å². The van der Waals surface area contributed by atoms with Crippen molar-refractivity contribution < 1.29 is 24.1 Å². The van der Waals surface area contributed by atoms with Crippen molar-refractivity contribution >= 4 is 16.9 Å². The van der Waals surface area contributed by atoms with E-state index in [0.29, 0.717) is 22.4 Å². The molecule has 1 aromatic heterocycles. The van der Waals surface area contributed by atoms with E-state index in [0.717, 1.165) is 0 Å². The van der Waals surface area contributed by atoms with E-state index in [1.54, 1.807) is 12.1 Å². The van der Waals surface area contributed by atoms with Crippen molar-refractivity contribution in [3.05, 3.63) is 23.9 Å². The van der Waals surface area contributed by atoms with Gasteiger partial charge in [0, 0.05) is 11.5 Å². The molecule has 1 aliphatic heterocycles. The van der Waals surface area contributed by atoms with Crippen molar-refractivity contribution in [3.63, 3.8) is 0 Å². The van der Waals surface area contributed by atoms with Gasteiger partial charge in [0.1, 0.15) is 11.3 Å². The Morgan fingerprint density at radius 3 is 3.06 bits per heavy atom. The first kappa shape index (κ1) is 10.6. The number of benzene rings is 1. The molecule has 3 rings (SSSR count). The first-order valence-corrected chi connectivity index (χ1v) is 5.21. The van der Waals surface area contributed by atoms with E-state index in [-0.39, 0.29) is 18.2 Å². The van der Waals surface area contributed by atoms with Crippen molar-refractivity contribution in [2.24, 2.45) is 0 Å². The molecule has 0 amide bonds. The minimum absolute atomic E-state index is 0.0198. The molecular weight excluding hydrogens is 238 g/mol. The van der Waals surface area contributed by atoms with Gasteiger partial charge in [-0.05, 0) is 12.1 Å². The molecule has 92 valence electrons. The van der Waals surface area contributed by atoms with Crippen molar-refractivity contribution in [2.45, 2.75) is 0 Å². The van der Waals surface area contributed by atoms with Crippen LogP contribution in [0.1, 0.15) is 10.5 Å². The molecule has 0 atom stereocenters. The standard InChI is InChI=1S/C12H9NO5/c1-16-12(15)7-4-8(14)6-2-3-9-11(10(6)13-7)18-5-17-9/h2-4H,5H2,1H3,(H,13,14). The molecule has 2 heterocycles. The highest BCUT2D eigenvalue weighted by molar-refractivity contribution is 5.97. The van der Waals surface area contributed by atoms with Crippen LogP contribution < -0.4 is 9.47 Å². The molecule has 1 N–H and O–H groups in total. The van der Waals surface area contributed by atoms with Gasteiger partial charge in [-0.15, -0.1) is 0 Å². The molecule has 0 unspecified atom stereocenters. The fourth-order valence-electron chi connectivity index (χ4n) is 1.84. The Morgan fingerprint density at radius 1 is 1.44 bits per heavy atom. The molecule has 0 radical (unpaired) electrons. The van der Waals surface area contributed by atoms with E-state index in [1.807, 2.05) is 0 Å². The highest BCUT2D eigenvalue weighted by Gasteiger charge is 2.21. The van der Waals surface area contributed by atoms with Crippen LogP contribution in [-0.4, -0.2) is 30.0 Å². The van der Waals surface area contributed by atoms with Gasteiger partial charge in [-0.25, -0.2) is 9.78 Å². The summed E-state index contributed by atoms with van der Waals surface area (Å²) in [7, 11) is 1.25. The maximum absolute atomic E-state index is 11.4. The highest BCUT2D eigenvalue weighted by atomic mass is 16.7. The quantitative estimate of drug-likeness (QED) is 0.768. The lowest BCUT2D eigenvalue weighted by atomic mass is 10.1. The fraction of sp³-hybridized carbons (Fsp3) is 0.167. The summed E-state index contributed by atoms with van der Waals surface area (Å²) in [5.74, 6) is 0.285. The number of esters is 1. The predicted molar refractivity (Wildman–Crippen MR) is 60.9 cm³/mol. The SMILES string of the molecule is COC(=O)c1cc(O)c2ccc3c(c2n1)OCO3. The zero-order valence-electron chi connectivity index (χ0n) is 9.47. The minimum Gasteiger partial charge on any atom is -0.507 e. The summed E-state index contributed by atoms with van der Waals surface area (Å²) in [5.41, 5.74) is 0.400. The van der Waals surface area contributed by atoms with Crippen molar-refractivity contribution in [2.75, 3.05) is 13.9 Å². The number of hydrogen-bond donors (Lipinski definition) is 1. The maximum atomic E-state index is 11.4. The van der Waals surface area contributed by atoms with Crippen LogP contribution in [0, 0.1) is 0 Å². The topological polar surface area (TPSA) is 77.9 Å². The van der Waals surface area contributed by atoms with Gasteiger partial charge in [-0.3, -0.25) is 0 Å².